The van der Waals surface area contributed by atoms with Crippen LogP contribution in [-0.2, 0) is 0 Å². The van der Waals surface area contributed by atoms with Gasteiger partial charge in [0, 0.05) is 0 Å². The van der Waals surface area contributed by atoms with Gasteiger partial charge in [-0.3, -0.25) is 0 Å². The largest absolute Gasteiger partial charge is 0.362 e. The Bertz CT molecular complexity index is 191. The molecule has 0 fully saturated rings. The summed E-state index contributed by atoms with van der Waals surface area (Å²) in [6, 6.07) is 0. The van der Waals surface area contributed by atoms with Crippen LogP contribution < -0.4 is 11.6 Å². The summed E-state index contributed by atoms with van der Waals surface area (Å²) in [5, 5.41) is 19.2. The highest BCUT2D eigenvalue weighted by atomic mass is 16.7. The number of anilines is 1. The minimum Gasteiger partial charge on any atom is -0.344 e. The Morgan fingerprint density at radius 2 is 2.40 bits per heavy atom. The number of nitrogens with zero attached hydrogens (tertiary/aromatic N) is 4. The predicted molar refractivity (Wildman–Crippen MR) is 28.2 cm³/mol. The first-order valence-corrected chi connectivity index (χ1v) is 1.95. The zero-order valence-corrected chi connectivity index (χ0v) is 4.85. The normalized spacial score (nSPS) is 8.00. The van der Waals surface area contributed by atoms with Gasteiger partial charge in [-0.25, -0.2) is 5.21 Å². The van der Waals surface area contributed by atoms with E-state index in [2.05, 4.69) is 20.6 Å². The van der Waals surface area contributed by atoms with Gasteiger partial charge in [0.2, 0.25) is 0 Å². The molecule has 0 aliphatic carbocycles. The van der Waals surface area contributed by atoms with Crippen molar-refractivity contribution in [3.63, 3.8) is 0 Å². The second-order valence-corrected chi connectivity index (χ2v) is 1.12. The molecule has 1 rings (SSSR count). The van der Waals surface area contributed by atoms with Gasteiger partial charge in [0.15, 0.2) is 0 Å². The second-order valence-electron chi connectivity index (χ2n) is 1.12. The van der Waals surface area contributed by atoms with Crippen LogP contribution in [0.15, 0.2) is 0 Å². The molecule has 1 aromatic heterocycles. The van der Waals surface area contributed by atoms with Gasteiger partial charge in [0.25, 0.3) is 0 Å². The summed E-state index contributed by atoms with van der Waals surface area (Å²) in [6.07, 6.45) is 0. The minimum absolute atomic E-state index is 0. The third-order valence-corrected chi connectivity index (χ3v) is 0.541. The molecule has 0 spiro atoms. The maximum Gasteiger partial charge on any atom is 0.362 e. The third kappa shape index (κ3) is 2.00. The lowest BCUT2D eigenvalue weighted by molar-refractivity contribution is -0.770. The van der Waals surface area contributed by atoms with Crippen LogP contribution in [0.4, 0.5) is 5.95 Å². The van der Waals surface area contributed by atoms with E-state index in [0.717, 1.165) is 0 Å². The number of H-pyrrole nitrogens is 1. The summed E-state index contributed by atoms with van der Waals surface area (Å²) >= 11 is 0. The number of hydrogen-bond donors (Lipinski definition) is 4. The van der Waals surface area contributed by atoms with E-state index in [9.17, 15) is 4.91 Å². The van der Waals surface area contributed by atoms with E-state index >= 15 is 0 Å². The van der Waals surface area contributed by atoms with Crippen molar-refractivity contribution in [2.24, 2.45) is 0 Å². The maximum atomic E-state index is 9.75. The molecular formula is CH6N7O2+. The van der Waals surface area contributed by atoms with Crippen LogP contribution in [0.25, 0.3) is 0 Å². The van der Waals surface area contributed by atoms with Gasteiger partial charge in [0.1, 0.15) is 4.91 Å². The van der Waals surface area contributed by atoms with Gasteiger partial charge >= 0.3 is 11.0 Å². The molecule has 0 saturated heterocycles. The summed E-state index contributed by atoms with van der Waals surface area (Å²) in [6.45, 7) is 0. The Kier molecular flexibility index (Phi) is 2.71. The van der Waals surface area contributed by atoms with Crippen LogP contribution in [0.3, 0.4) is 0 Å². The molecule has 0 radical (unpaired) electrons. The summed E-state index contributed by atoms with van der Waals surface area (Å²) in [4.78, 5) is 9.75. The molecule has 9 heteroatoms. The predicted octanol–water partition coefficient (Wildman–Crippen LogP) is -1.14. The topological polar surface area (TPSA) is 142 Å². The van der Waals surface area contributed by atoms with Crippen molar-refractivity contribution in [2.75, 3.05) is 5.43 Å². The van der Waals surface area contributed by atoms with Crippen LogP contribution in [0.2, 0.25) is 0 Å². The van der Waals surface area contributed by atoms with Crippen molar-refractivity contribution in [2.45, 2.75) is 0 Å². The van der Waals surface area contributed by atoms with Crippen molar-refractivity contribution in [3.05, 3.63) is 4.91 Å². The van der Waals surface area contributed by atoms with Crippen LogP contribution in [0.1, 0.15) is 0 Å². The molecule has 9 nitrogen and oxygen atoms in total. The van der Waals surface area contributed by atoms with Crippen LogP contribution in [0.5, 0.6) is 0 Å². The Morgan fingerprint density at radius 3 is 2.80 bits per heavy atom. The fourth-order valence-corrected chi connectivity index (χ4v) is 0.295. The average Bonchev–Trinajstić information content (AvgIpc) is 2.15. The molecule has 0 aromatic carbocycles. The van der Waals surface area contributed by atoms with Gasteiger partial charge in [-0.2, -0.15) is 5.21 Å². The molecule has 0 amide bonds. The maximum absolute atomic E-state index is 9.75. The van der Waals surface area contributed by atoms with Gasteiger partial charge in [-0.1, -0.05) is 5.10 Å². The lowest BCUT2D eigenvalue weighted by Crippen LogP contribution is -2.11. The third-order valence-electron chi connectivity index (χ3n) is 0.541. The number of aromatic nitrogens is 4. The summed E-state index contributed by atoms with van der Waals surface area (Å²) in [5.74, 6) is -0.0903. The Balaban J connectivity index is 0.000000810. The molecule has 0 aliphatic rings. The highest BCUT2D eigenvalue weighted by Gasteiger charge is 2.06. The minimum atomic E-state index is -0.523. The van der Waals surface area contributed by atoms with E-state index in [1.54, 1.807) is 5.43 Å². The van der Waals surface area contributed by atoms with Crippen molar-refractivity contribution >= 4 is 5.95 Å². The van der Waals surface area contributed by atoms with Gasteiger partial charge in [-0.15, -0.1) is 5.10 Å². The van der Waals surface area contributed by atoms with E-state index in [-0.39, 0.29) is 12.1 Å². The van der Waals surface area contributed by atoms with Crippen molar-refractivity contribution in [3.8, 4) is 0 Å². The molecule has 6 N–H and O–H groups in total. The van der Waals surface area contributed by atoms with E-state index in [0.29, 0.717) is 0 Å². The van der Waals surface area contributed by atoms with Gasteiger partial charge in [-0.05, 0) is 10.6 Å². The fourth-order valence-electron chi connectivity index (χ4n) is 0.295. The summed E-state index contributed by atoms with van der Waals surface area (Å²) in [5.41, 5.74) is 1.80. The smallest absolute Gasteiger partial charge is 0.344 e. The molecule has 0 aliphatic heterocycles. The summed E-state index contributed by atoms with van der Waals surface area (Å²) < 4.78 is 0. The molecule has 0 saturated carbocycles. The van der Waals surface area contributed by atoms with Crippen LogP contribution in [-0.4, -0.2) is 30.9 Å². The molecule has 0 atom stereocenters. The zero-order valence-electron chi connectivity index (χ0n) is 4.85. The van der Waals surface area contributed by atoms with E-state index < -0.39 is 5.03 Å². The first kappa shape index (κ1) is 8.23. The first-order valence-electron chi connectivity index (χ1n) is 1.95. The molecule has 0 unspecified atom stereocenters. The van der Waals surface area contributed by atoms with E-state index in [1.165, 1.54) is 0 Å². The standard InChI is InChI=1S/CH3N6O2.H3N/c8-7(9)4-1-2-5-6-3-1;/h(H,8,9)(H2,2,3,4,5,6);1H3/q+1;. The Hall–Kier alpha value is -1.77. The lowest BCUT2D eigenvalue weighted by atomic mass is 11.1. The average molecular weight is 148 g/mol. The molecule has 1 aromatic rings. The zero-order chi connectivity index (χ0) is 6.69. The van der Waals surface area contributed by atoms with Crippen molar-refractivity contribution < 1.29 is 10.2 Å². The lowest BCUT2D eigenvalue weighted by Gasteiger charge is -1.75. The number of tetrazole rings is 1. The highest BCUT2D eigenvalue weighted by molar-refractivity contribution is 5.11. The SMILES string of the molecule is N.O=[N+](O)Nc1nn[nH]n1. The molecule has 10 heavy (non-hydrogen) atoms. The molecular weight excluding hydrogens is 142 g/mol. The highest BCUT2D eigenvalue weighted by Crippen LogP contribution is 1.85. The summed E-state index contributed by atoms with van der Waals surface area (Å²) in [7, 11) is 0. The fraction of sp³-hybridized carbons (Fsp3) is 0. The number of hydrazine groups is 1. The Labute approximate surface area is 54.5 Å². The number of aromatic amines is 1. The molecule has 1 heterocycles. The van der Waals surface area contributed by atoms with Crippen molar-refractivity contribution in [1.82, 2.24) is 26.8 Å². The van der Waals surface area contributed by atoms with Crippen LogP contribution >= 0.6 is 0 Å². The monoisotopic (exact) mass is 148 g/mol. The molecule has 56 valence electrons. The second kappa shape index (κ2) is 3.29. The molecule has 0 bridgehead atoms. The Morgan fingerprint density at radius 1 is 1.70 bits per heavy atom. The van der Waals surface area contributed by atoms with E-state index in [4.69, 9.17) is 5.21 Å². The number of rotatable bonds is 2. The van der Waals surface area contributed by atoms with Crippen molar-refractivity contribution in [1.29, 1.82) is 0 Å². The number of hydrogen-bond acceptors (Lipinski definition) is 5. The first-order chi connectivity index (χ1) is 4.29. The number of nitrogens with one attached hydrogen (secondary N) is 2. The quantitative estimate of drug-likeness (QED) is 0.388. The van der Waals surface area contributed by atoms with Gasteiger partial charge in [0.05, 0.1) is 0 Å². The van der Waals surface area contributed by atoms with E-state index in [1.807, 2.05) is 0 Å². The van der Waals surface area contributed by atoms with Gasteiger partial charge < -0.3 is 6.15 Å². The van der Waals surface area contributed by atoms with Crippen LogP contribution in [0, 0.1) is 4.91 Å².